The molecule has 1 heterocycles. The molecule has 0 radical (unpaired) electrons. The summed E-state index contributed by atoms with van der Waals surface area (Å²) in [6.45, 7) is 0.960. The van der Waals surface area contributed by atoms with E-state index in [4.69, 9.17) is 5.73 Å². The lowest BCUT2D eigenvalue weighted by molar-refractivity contribution is 0.404. The summed E-state index contributed by atoms with van der Waals surface area (Å²) >= 11 is 0. The van der Waals surface area contributed by atoms with Gasteiger partial charge in [0.25, 0.3) is 0 Å². The second-order valence-electron chi connectivity index (χ2n) is 4.28. The first-order valence-electron chi connectivity index (χ1n) is 5.06. The monoisotopic (exact) mass is 203 g/mol. The Morgan fingerprint density at radius 2 is 2.07 bits per heavy atom. The number of nitrogens with zero attached hydrogens (tertiary/aromatic N) is 2. The maximum Gasteiger partial charge on any atom is 0.0501 e. The molecule has 0 saturated heterocycles. The fourth-order valence-corrected chi connectivity index (χ4v) is 1.95. The molecule has 3 nitrogen and oxygen atoms in total. The van der Waals surface area contributed by atoms with Crippen LogP contribution in [0.1, 0.15) is 5.56 Å². The zero-order valence-corrected chi connectivity index (χ0v) is 9.49. The van der Waals surface area contributed by atoms with E-state index in [1.54, 1.807) is 0 Å². The number of nitrogens with two attached hydrogens (primary N) is 1. The van der Waals surface area contributed by atoms with Gasteiger partial charge in [-0.15, -0.1) is 0 Å². The average molecular weight is 203 g/mol. The molecule has 0 spiro atoms. The Morgan fingerprint density at radius 3 is 2.73 bits per heavy atom. The zero-order valence-electron chi connectivity index (χ0n) is 9.49. The van der Waals surface area contributed by atoms with Gasteiger partial charge in [0.1, 0.15) is 0 Å². The molecule has 1 aromatic carbocycles. The Bertz CT molecular complexity index is 483. The molecule has 0 fully saturated rings. The lowest BCUT2D eigenvalue weighted by Crippen LogP contribution is -2.10. The lowest BCUT2D eigenvalue weighted by Gasteiger charge is -2.07. The largest absolute Gasteiger partial charge is 0.399 e. The van der Waals surface area contributed by atoms with E-state index in [9.17, 15) is 0 Å². The minimum absolute atomic E-state index is 0.820. The number of rotatable bonds is 2. The molecular formula is C12H17N3. The smallest absolute Gasteiger partial charge is 0.0501 e. The van der Waals surface area contributed by atoms with Crippen LogP contribution in [0.3, 0.4) is 0 Å². The van der Waals surface area contributed by atoms with Gasteiger partial charge in [-0.25, -0.2) is 0 Å². The van der Waals surface area contributed by atoms with Crippen LogP contribution in [0, 0.1) is 0 Å². The zero-order chi connectivity index (χ0) is 11.0. The normalized spacial score (nSPS) is 11.5. The highest BCUT2D eigenvalue weighted by Gasteiger charge is 2.06. The highest BCUT2D eigenvalue weighted by molar-refractivity contribution is 5.86. The van der Waals surface area contributed by atoms with Crippen LogP contribution in [0.4, 0.5) is 5.69 Å². The van der Waals surface area contributed by atoms with Crippen LogP contribution in [0.15, 0.2) is 24.4 Å². The molecule has 2 N–H and O–H groups in total. The van der Waals surface area contributed by atoms with Crippen molar-refractivity contribution in [1.82, 2.24) is 9.47 Å². The first kappa shape index (κ1) is 10.1. The van der Waals surface area contributed by atoms with Gasteiger partial charge in [0.2, 0.25) is 0 Å². The van der Waals surface area contributed by atoms with Crippen LogP contribution in [0.5, 0.6) is 0 Å². The topological polar surface area (TPSA) is 34.2 Å². The molecule has 15 heavy (non-hydrogen) atoms. The van der Waals surface area contributed by atoms with Gasteiger partial charge in [0, 0.05) is 30.9 Å². The van der Waals surface area contributed by atoms with Crippen molar-refractivity contribution in [3.8, 4) is 0 Å². The molecule has 3 heteroatoms. The van der Waals surface area contributed by atoms with Crippen molar-refractivity contribution in [2.24, 2.45) is 7.05 Å². The van der Waals surface area contributed by atoms with Crippen molar-refractivity contribution in [2.45, 2.75) is 6.54 Å². The van der Waals surface area contributed by atoms with Crippen molar-refractivity contribution < 1.29 is 0 Å². The summed E-state index contributed by atoms with van der Waals surface area (Å²) in [4.78, 5) is 2.17. The summed E-state index contributed by atoms with van der Waals surface area (Å²) in [6, 6.07) is 6.08. The number of hydrogen-bond donors (Lipinski definition) is 1. The van der Waals surface area contributed by atoms with Gasteiger partial charge >= 0.3 is 0 Å². The van der Waals surface area contributed by atoms with Gasteiger partial charge < -0.3 is 15.2 Å². The highest BCUT2D eigenvalue weighted by atomic mass is 15.1. The van der Waals surface area contributed by atoms with Gasteiger partial charge in [0.05, 0.1) is 5.52 Å². The third-order valence-corrected chi connectivity index (χ3v) is 2.58. The average Bonchev–Trinajstić information content (AvgIpc) is 2.42. The van der Waals surface area contributed by atoms with Gasteiger partial charge in [0.15, 0.2) is 0 Å². The van der Waals surface area contributed by atoms with Crippen LogP contribution in [0.25, 0.3) is 10.9 Å². The van der Waals surface area contributed by atoms with E-state index < -0.39 is 0 Å². The predicted molar refractivity (Wildman–Crippen MR) is 64.7 cm³/mol. The molecule has 0 amide bonds. The van der Waals surface area contributed by atoms with Crippen LogP contribution in [-0.4, -0.2) is 23.6 Å². The molecule has 2 aromatic rings. The van der Waals surface area contributed by atoms with Crippen LogP contribution in [-0.2, 0) is 13.6 Å². The summed E-state index contributed by atoms with van der Waals surface area (Å²) in [6.07, 6.45) is 2.17. The Morgan fingerprint density at radius 1 is 1.33 bits per heavy atom. The second-order valence-corrected chi connectivity index (χ2v) is 4.28. The van der Waals surface area contributed by atoms with Crippen molar-refractivity contribution in [3.05, 3.63) is 30.0 Å². The van der Waals surface area contributed by atoms with Crippen molar-refractivity contribution in [1.29, 1.82) is 0 Å². The molecule has 0 saturated carbocycles. The Hall–Kier alpha value is -1.48. The van der Waals surface area contributed by atoms with E-state index >= 15 is 0 Å². The summed E-state index contributed by atoms with van der Waals surface area (Å²) in [5.74, 6) is 0. The summed E-state index contributed by atoms with van der Waals surface area (Å²) in [5, 5.41) is 1.29. The standard InChI is InChI=1S/C12H17N3/c1-14(2)7-9-8-15(3)12-6-10(13)4-5-11(9)12/h4-6,8H,7,13H2,1-3H3. The van der Waals surface area contributed by atoms with E-state index in [-0.39, 0.29) is 0 Å². The molecule has 2 rings (SSSR count). The maximum atomic E-state index is 5.78. The Balaban J connectivity index is 2.57. The Kier molecular flexibility index (Phi) is 2.40. The molecule has 0 atom stereocenters. The number of aromatic nitrogens is 1. The number of fused-ring (bicyclic) bond motifs is 1. The maximum absolute atomic E-state index is 5.78. The summed E-state index contributed by atoms with van der Waals surface area (Å²) in [5.41, 5.74) is 9.14. The van der Waals surface area contributed by atoms with E-state index in [0.29, 0.717) is 0 Å². The van der Waals surface area contributed by atoms with Gasteiger partial charge in [-0.2, -0.15) is 0 Å². The lowest BCUT2D eigenvalue weighted by atomic mass is 10.1. The number of nitrogen functional groups attached to an aromatic ring is 1. The van der Waals surface area contributed by atoms with Gasteiger partial charge in [-0.1, -0.05) is 6.07 Å². The molecule has 0 aliphatic carbocycles. The number of anilines is 1. The van der Waals surface area contributed by atoms with Crippen molar-refractivity contribution >= 4 is 16.6 Å². The second kappa shape index (κ2) is 3.59. The third-order valence-electron chi connectivity index (χ3n) is 2.58. The minimum atomic E-state index is 0.820. The summed E-state index contributed by atoms with van der Waals surface area (Å²) < 4.78 is 2.13. The van der Waals surface area contributed by atoms with E-state index in [1.807, 2.05) is 12.1 Å². The van der Waals surface area contributed by atoms with Gasteiger partial charge in [-0.05, 0) is 31.8 Å². The SMILES string of the molecule is CN(C)Cc1cn(C)c2cc(N)ccc12. The Labute approximate surface area is 90.1 Å². The highest BCUT2D eigenvalue weighted by Crippen LogP contribution is 2.23. The quantitative estimate of drug-likeness (QED) is 0.755. The molecular weight excluding hydrogens is 186 g/mol. The van der Waals surface area contributed by atoms with Gasteiger partial charge in [-0.3, -0.25) is 0 Å². The van der Waals surface area contributed by atoms with Crippen molar-refractivity contribution in [2.75, 3.05) is 19.8 Å². The van der Waals surface area contributed by atoms with Crippen LogP contribution in [0.2, 0.25) is 0 Å². The molecule has 0 aliphatic heterocycles. The number of hydrogen-bond acceptors (Lipinski definition) is 2. The van der Waals surface area contributed by atoms with E-state index in [2.05, 4.69) is 42.9 Å². The number of aryl methyl sites for hydroxylation is 1. The third kappa shape index (κ3) is 1.83. The molecule has 0 bridgehead atoms. The molecule has 0 unspecified atom stereocenters. The predicted octanol–water partition coefficient (Wildman–Crippen LogP) is 1.82. The first-order chi connectivity index (χ1) is 7.08. The van der Waals surface area contributed by atoms with E-state index in [1.165, 1.54) is 16.5 Å². The fourth-order valence-electron chi connectivity index (χ4n) is 1.95. The first-order valence-corrected chi connectivity index (χ1v) is 5.06. The van der Waals surface area contributed by atoms with Crippen LogP contribution < -0.4 is 5.73 Å². The van der Waals surface area contributed by atoms with Crippen molar-refractivity contribution in [3.63, 3.8) is 0 Å². The number of benzene rings is 1. The van der Waals surface area contributed by atoms with E-state index in [0.717, 1.165) is 12.2 Å². The summed E-state index contributed by atoms with van der Waals surface area (Å²) in [7, 11) is 6.22. The molecule has 0 aliphatic rings. The molecule has 80 valence electrons. The minimum Gasteiger partial charge on any atom is -0.399 e. The molecule has 1 aromatic heterocycles. The van der Waals surface area contributed by atoms with Crippen LogP contribution >= 0.6 is 0 Å². The fraction of sp³-hybridized carbons (Fsp3) is 0.333.